The summed E-state index contributed by atoms with van der Waals surface area (Å²) >= 11 is 0. The molecule has 1 aromatic heterocycles. The Labute approximate surface area is 172 Å². The molecular weight excluding hydrogens is 364 g/mol. The van der Waals surface area contributed by atoms with Crippen molar-refractivity contribution in [2.24, 2.45) is 0 Å². The largest absolute Gasteiger partial charge is 0.497 e. The standard InChI is InChI=1S/C24H28N2O3/c1-4-12-26(24(27)20-14-22(28-2)16-23(15-20)29-3)18-21-11-8-13-25(21)17-19-9-6-5-7-10-19/h5-11,13-16H,4,12,17-18H2,1-3H3. The van der Waals surface area contributed by atoms with Crippen molar-refractivity contribution in [2.75, 3.05) is 20.8 Å². The number of carbonyl (C=O) groups excluding carboxylic acids is 1. The van der Waals surface area contributed by atoms with Crippen LogP contribution in [0.25, 0.3) is 0 Å². The maximum Gasteiger partial charge on any atom is 0.254 e. The van der Waals surface area contributed by atoms with E-state index in [4.69, 9.17) is 9.47 Å². The summed E-state index contributed by atoms with van der Waals surface area (Å²) < 4.78 is 12.8. The van der Waals surface area contributed by atoms with E-state index in [1.54, 1.807) is 32.4 Å². The number of hydrogen-bond acceptors (Lipinski definition) is 3. The van der Waals surface area contributed by atoms with Crippen molar-refractivity contribution in [1.29, 1.82) is 0 Å². The van der Waals surface area contributed by atoms with Crippen LogP contribution in [0.1, 0.15) is 35.0 Å². The van der Waals surface area contributed by atoms with Crippen molar-refractivity contribution in [3.8, 4) is 11.5 Å². The molecule has 0 spiro atoms. The lowest BCUT2D eigenvalue weighted by molar-refractivity contribution is 0.0739. The first-order valence-corrected chi connectivity index (χ1v) is 9.85. The van der Waals surface area contributed by atoms with Crippen LogP contribution in [-0.2, 0) is 13.1 Å². The van der Waals surface area contributed by atoms with Gasteiger partial charge in [-0.3, -0.25) is 4.79 Å². The number of rotatable bonds is 9. The molecule has 0 N–H and O–H groups in total. The summed E-state index contributed by atoms with van der Waals surface area (Å²) in [4.78, 5) is 15.2. The second kappa shape index (κ2) is 9.82. The Hall–Kier alpha value is -3.21. The number of aromatic nitrogens is 1. The monoisotopic (exact) mass is 392 g/mol. The molecule has 0 bridgehead atoms. The summed E-state index contributed by atoms with van der Waals surface area (Å²) in [7, 11) is 3.17. The maximum atomic E-state index is 13.3. The molecule has 29 heavy (non-hydrogen) atoms. The van der Waals surface area contributed by atoms with Crippen LogP contribution >= 0.6 is 0 Å². The minimum Gasteiger partial charge on any atom is -0.497 e. The molecule has 0 aliphatic rings. The smallest absolute Gasteiger partial charge is 0.254 e. The number of ether oxygens (including phenoxy) is 2. The predicted molar refractivity (Wildman–Crippen MR) is 115 cm³/mol. The van der Waals surface area contributed by atoms with Gasteiger partial charge in [0, 0.05) is 36.6 Å². The van der Waals surface area contributed by atoms with Gasteiger partial charge in [-0.1, -0.05) is 37.3 Å². The van der Waals surface area contributed by atoms with Crippen molar-refractivity contribution >= 4 is 5.91 Å². The molecule has 1 heterocycles. The minimum atomic E-state index is -0.0310. The Bertz CT molecular complexity index is 912. The molecule has 0 radical (unpaired) electrons. The second-order valence-electron chi connectivity index (χ2n) is 6.94. The van der Waals surface area contributed by atoms with Crippen LogP contribution in [0.3, 0.4) is 0 Å². The van der Waals surface area contributed by atoms with Crippen molar-refractivity contribution in [2.45, 2.75) is 26.4 Å². The van der Waals surface area contributed by atoms with Gasteiger partial charge < -0.3 is 18.9 Å². The van der Waals surface area contributed by atoms with Gasteiger partial charge in [-0.15, -0.1) is 0 Å². The topological polar surface area (TPSA) is 43.7 Å². The van der Waals surface area contributed by atoms with Gasteiger partial charge in [0.25, 0.3) is 5.91 Å². The van der Waals surface area contributed by atoms with E-state index in [9.17, 15) is 4.79 Å². The number of methoxy groups -OCH3 is 2. The van der Waals surface area contributed by atoms with Crippen molar-refractivity contribution in [3.05, 3.63) is 83.7 Å². The number of carbonyl (C=O) groups is 1. The quantitative estimate of drug-likeness (QED) is 0.534. The second-order valence-corrected chi connectivity index (χ2v) is 6.94. The van der Waals surface area contributed by atoms with Crippen molar-refractivity contribution in [3.63, 3.8) is 0 Å². The third-order valence-corrected chi connectivity index (χ3v) is 4.85. The van der Waals surface area contributed by atoms with Gasteiger partial charge in [-0.2, -0.15) is 0 Å². The summed E-state index contributed by atoms with van der Waals surface area (Å²) in [5.41, 5.74) is 2.90. The number of hydrogen-bond donors (Lipinski definition) is 0. The van der Waals surface area contributed by atoms with Gasteiger partial charge in [0.2, 0.25) is 0 Å². The molecule has 3 rings (SSSR count). The fraction of sp³-hybridized carbons (Fsp3) is 0.292. The zero-order valence-corrected chi connectivity index (χ0v) is 17.3. The molecule has 5 heteroatoms. The highest BCUT2D eigenvalue weighted by Crippen LogP contribution is 2.24. The highest BCUT2D eigenvalue weighted by Gasteiger charge is 2.19. The molecule has 2 aromatic carbocycles. The first-order valence-electron chi connectivity index (χ1n) is 9.85. The molecule has 5 nitrogen and oxygen atoms in total. The molecular formula is C24H28N2O3. The zero-order valence-electron chi connectivity index (χ0n) is 17.3. The number of nitrogens with zero attached hydrogens (tertiary/aromatic N) is 2. The van der Waals surface area contributed by atoms with Gasteiger partial charge >= 0.3 is 0 Å². The first-order chi connectivity index (χ1) is 14.1. The molecule has 1 amide bonds. The molecule has 0 saturated carbocycles. The van der Waals surface area contributed by atoms with Crippen LogP contribution in [0.5, 0.6) is 11.5 Å². The Morgan fingerprint density at radius 3 is 2.28 bits per heavy atom. The molecule has 3 aromatic rings. The fourth-order valence-electron chi connectivity index (χ4n) is 3.36. The zero-order chi connectivity index (χ0) is 20.6. The number of benzene rings is 2. The molecule has 152 valence electrons. The highest BCUT2D eigenvalue weighted by molar-refractivity contribution is 5.95. The van der Waals surface area contributed by atoms with Gasteiger partial charge in [0.15, 0.2) is 0 Å². The molecule has 0 atom stereocenters. The van der Waals surface area contributed by atoms with Crippen molar-refractivity contribution in [1.82, 2.24) is 9.47 Å². The first kappa shape index (κ1) is 20.5. The summed E-state index contributed by atoms with van der Waals surface area (Å²) in [6.07, 6.45) is 2.94. The lowest BCUT2D eigenvalue weighted by atomic mass is 10.1. The predicted octanol–water partition coefficient (Wildman–Crippen LogP) is 4.61. The van der Waals surface area contributed by atoms with E-state index in [-0.39, 0.29) is 5.91 Å². The lowest BCUT2D eigenvalue weighted by Crippen LogP contribution is -2.32. The summed E-state index contributed by atoms with van der Waals surface area (Å²) in [6.45, 7) is 4.08. The van der Waals surface area contributed by atoms with Crippen LogP contribution in [-0.4, -0.2) is 36.1 Å². The average Bonchev–Trinajstić information content (AvgIpc) is 3.19. The van der Waals surface area contributed by atoms with Gasteiger partial charge in [0.05, 0.1) is 20.8 Å². The van der Waals surface area contributed by atoms with Crippen LogP contribution < -0.4 is 9.47 Å². The Morgan fingerprint density at radius 2 is 1.66 bits per heavy atom. The molecule has 0 unspecified atom stereocenters. The normalized spacial score (nSPS) is 10.6. The third-order valence-electron chi connectivity index (χ3n) is 4.85. The lowest BCUT2D eigenvalue weighted by Gasteiger charge is -2.24. The van der Waals surface area contributed by atoms with E-state index < -0.39 is 0 Å². The molecule has 0 saturated heterocycles. The van der Waals surface area contributed by atoms with Gasteiger partial charge in [-0.05, 0) is 36.2 Å². The molecule has 0 fully saturated rings. The summed E-state index contributed by atoms with van der Waals surface area (Å²) in [5, 5.41) is 0. The van der Waals surface area contributed by atoms with E-state index in [1.165, 1.54) is 5.56 Å². The molecule has 0 aliphatic heterocycles. The van der Waals surface area contributed by atoms with Crippen LogP contribution in [0.4, 0.5) is 0 Å². The maximum absolute atomic E-state index is 13.3. The van der Waals surface area contributed by atoms with Crippen LogP contribution in [0.2, 0.25) is 0 Å². The Kier molecular flexibility index (Phi) is 6.95. The fourth-order valence-corrected chi connectivity index (χ4v) is 3.36. The van der Waals surface area contributed by atoms with Gasteiger partial charge in [0.1, 0.15) is 11.5 Å². The van der Waals surface area contributed by atoms with Gasteiger partial charge in [-0.25, -0.2) is 0 Å². The van der Waals surface area contributed by atoms with E-state index >= 15 is 0 Å². The van der Waals surface area contributed by atoms with E-state index in [0.29, 0.717) is 30.2 Å². The van der Waals surface area contributed by atoms with E-state index in [2.05, 4.69) is 35.9 Å². The Morgan fingerprint density at radius 1 is 0.966 bits per heavy atom. The SMILES string of the molecule is CCCN(Cc1cccn1Cc1ccccc1)C(=O)c1cc(OC)cc(OC)c1. The number of amides is 1. The summed E-state index contributed by atoms with van der Waals surface area (Å²) in [6, 6.07) is 19.7. The minimum absolute atomic E-state index is 0.0310. The van der Waals surface area contributed by atoms with Crippen molar-refractivity contribution < 1.29 is 14.3 Å². The van der Waals surface area contributed by atoms with Crippen LogP contribution in [0.15, 0.2) is 66.9 Å². The van der Waals surface area contributed by atoms with E-state index in [1.807, 2.05) is 29.2 Å². The highest BCUT2D eigenvalue weighted by atomic mass is 16.5. The van der Waals surface area contributed by atoms with E-state index in [0.717, 1.165) is 18.7 Å². The Balaban J connectivity index is 1.82. The molecule has 0 aliphatic carbocycles. The van der Waals surface area contributed by atoms with Crippen LogP contribution in [0, 0.1) is 0 Å². The third kappa shape index (κ3) is 5.19. The average molecular weight is 392 g/mol. The summed E-state index contributed by atoms with van der Waals surface area (Å²) in [5.74, 6) is 1.18.